The van der Waals surface area contributed by atoms with Crippen LogP contribution < -0.4 is 10.6 Å². The van der Waals surface area contributed by atoms with Gasteiger partial charge in [0.15, 0.2) is 0 Å². The van der Waals surface area contributed by atoms with Crippen LogP contribution in [0.5, 0.6) is 0 Å². The Bertz CT molecular complexity index is 849. The summed E-state index contributed by atoms with van der Waals surface area (Å²) in [6, 6.07) is 11.2. The van der Waals surface area contributed by atoms with Gasteiger partial charge < -0.3 is 15.5 Å². The molecule has 148 valence electrons. The van der Waals surface area contributed by atoms with E-state index in [4.69, 9.17) is 11.6 Å². The molecule has 1 saturated heterocycles. The number of anilines is 1. The minimum atomic E-state index is -0.297. The summed E-state index contributed by atoms with van der Waals surface area (Å²) in [5.74, 6) is -0.450. The Balaban J connectivity index is 1.46. The van der Waals surface area contributed by atoms with E-state index in [2.05, 4.69) is 10.6 Å². The highest BCUT2D eigenvalue weighted by Crippen LogP contribution is 2.22. The molecular formula is C21H23ClFN3O2. The summed E-state index contributed by atoms with van der Waals surface area (Å²) in [5, 5.41) is 6.42. The lowest BCUT2D eigenvalue weighted by atomic mass is 9.96. The van der Waals surface area contributed by atoms with Crippen LogP contribution in [-0.4, -0.2) is 29.9 Å². The van der Waals surface area contributed by atoms with Crippen LogP contribution in [0.1, 0.15) is 24.0 Å². The van der Waals surface area contributed by atoms with Gasteiger partial charge in [-0.15, -0.1) is 0 Å². The summed E-state index contributed by atoms with van der Waals surface area (Å²) in [5.41, 5.74) is 2.48. The van der Waals surface area contributed by atoms with Gasteiger partial charge in [0.2, 0.25) is 5.91 Å². The number of carbonyl (C=O) groups is 2. The molecule has 1 fully saturated rings. The third-order valence-corrected chi connectivity index (χ3v) is 5.20. The Morgan fingerprint density at radius 1 is 1.14 bits per heavy atom. The fourth-order valence-corrected chi connectivity index (χ4v) is 3.47. The molecule has 0 aliphatic carbocycles. The van der Waals surface area contributed by atoms with Crippen LogP contribution in [0.4, 0.5) is 14.9 Å². The second kappa shape index (κ2) is 9.06. The molecule has 0 aromatic heterocycles. The average Bonchev–Trinajstić information content (AvgIpc) is 2.69. The van der Waals surface area contributed by atoms with Gasteiger partial charge in [-0.2, -0.15) is 0 Å². The summed E-state index contributed by atoms with van der Waals surface area (Å²) in [6.07, 6.45) is 1.23. The van der Waals surface area contributed by atoms with E-state index in [9.17, 15) is 14.0 Å². The average molecular weight is 404 g/mol. The van der Waals surface area contributed by atoms with Crippen molar-refractivity contribution in [3.8, 4) is 0 Å². The molecule has 0 spiro atoms. The molecule has 0 bridgehead atoms. The van der Waals surface area contributed by atoms with Gasteiger partial charge in [-0.05, 0) is 61.2 Å². The zero-order valence-electron chi connectivity index (χ0n) is 15.7. The van der Waals surface area contributed by atoms with Gasteiger partial charge in [-0.25, -0.2) is 9.18 Å². The van der Waals surface area contributed by atoms with Crippen molar-refractivity contribution >= 4 is 29.2 Å². The molecule has 1 aliphatic rings. The number of halogens is 2. The summed E-state index contributed by atoms with van der Waals surface area (Å²) < 4.78 is 12.9. The number of amides is 3. The number of nitrogens with zero attached hydrogens (tertiary/aromatic N) is 1. The maximum absolute atomic E-state index is 12.9. The molecule has 3 rings (SSSR count). The molecular weight excluding hydrogens is 381 g/mol. The number of likely N-dealkylation sites (tertiary alicyclic amines) is 1. The highest BCUT2D eigenvalue weighted by atomic mass is 35.5. The first-order valence-electron chi connectivity index (χ1n) is 9.26. The molecule has 3 amide bonds. The molecule has 0 unspecified atom stereocenters. The van der Waals surface area contributed by atoms with Gasteiger partial charge in [-0.3, -0.25) is 4.79 Å². The van der Waals surface area contributed by atoms with Crippen molar-refractivity contribution in [1.29, 1.82) is 0 Å². The first kappa shape index (κ1) is 20.1. The van der Waals surface area contributed by atoms with Crippen LogP contribution in [0, 0.1) is 18.7 Å². The van der Waals surface area contributed by atoms with Crippen LogP contribution in [0.15, 0.2) is 42.5 Å². The lowest BCUT2D eigenvalue weighted by molar-refractivity contribution is -0.126. The number of nitrogens with one attached hydrogen (secondary N) is 2. The van der Waals surface area contributed by atoms with Crippen molar-refractivity contribution in [3.63, 3.8) is 0 Å². The maximum atomic E-state index is 12.9. The van der Waals surface area contributed by atoms with Gasteiger partial charge >= 0.3 is 6.03 Å². The van der Waals surface area contributed by atoms with Crippen LogP contribution in [0.25, 0.3) is 0 Å². The summed E-state index contributed by atoms with van der Waals surface area (Å²) in [6.45, 7) is 3.30. The first-order chi connectivity index (χ1) is 13.4. The van der Waals surface area contributed by atoms with Gasteiger partial charge in [0.25, 0.3) is 0 Å². The number of hydrogen-bond donors (Lipinski definition) is 2. The number of benzene rings is 2. The third kappa shape index (κ3) is 5.23. The molecule has 1 aliphatic heterocycles. The quantitative estimate of drug-likeness (QED) is 0.797. The van der Waals surface area contributed by atoms with Gasteiger partial charge in [0, 0.05) is 36.3 Å². The van der Waals surface area contributed by atoms with Crippen molar-refractivity contribution < 1.29 is 14.0 Å². The molecule has 0 saturated carbocycles. The van der Waals surface area contributed by atoms with E-state index in [0.29, 0.717) is 37.5 Å². The second-order valence-corrected chi connectivity index (χ2v) is 7.43. The monoisotopic (exact) mass is 403 g/mol. The molecule has 0 radical (unpaired) electrons. The predicted molar refractivity (Wildman–Crippen MR) is 108 cm³/mol. The van der Waals surface area contributed by atoms with Gasteiger partial charge in [0.1, 0.15) is 5.82 Å². The number of rotatable bonds is 4. The fourth-order valence-electron chi connectivity index (χ4n) is 3.24. The smallest absolute Gasteiger partial charge is 0.321 e. The van der Waals surface area contributed by atoms with Crippen LogP contribution in [0.3, 0.4) is 0 Å². The number of piperidine rings is 1. The normalized spacial score (nSPS) is 14.6. The minimum absolute atomic E-state index is 0.0297. The van der Waals surface area contributed by atoms with Crippen molar-refractivity contribution in [2.24, 2.45) is 5.92 Å². The van der Waals surface area contributed by atoms with E-state index in [1.807, 2.05) is 6.92 Å². The Kier molecular flexibility index (Phi) is 6.52. The van der Waals surface area contributed by atoms with Gasteiger partial charge in [0.05, 0.1) is 0 Å². The molecule has 2 aromatic rings. The van der Waals surface area contributed by atoms with Crippen LogP contribution >= 0.6 is 11.6 Å². The zero-order valence-corrected chi connectivity index (χ0v) is 16.4. The lowest BCUT2D eigenvalue weighted by Gasteiger charge is -2.31. The predicted octanol–water partition coefficient (Wildman–Crippen LogP) is 4.35. The fraction of sp³-hybridized carbons (Fsp3) is 0.333. The SMILES string of the molecule is Cc1cc(Cl)ccc1NC(=O)N1CCC(C(=O)NCc2ccc(F)cc2)CC1. The maximum Gasteiger partial charge on any atom is 0.321 e. The van der Waals surface area contributed by atoms with E-state index >= 15 is 0 Å². The number of hydrogen-bond acceptors (Lipinski definition) is 2. The third-order valence-electron chi connectivity index (χ3n) is 4.96. The Morgan fingerprint density at radius 3 is 2.46 bits per heavy atom. The van der Waals surface area contributed by atoms with Crippen molar-refractivity contribution in [2.75, 3.05) is 18.4 Å². The second-order valence-electron chi connectivity index (χ2n) is 6.99. The summed E-state index contributed by atoms with van der Waals surface area (Å²) in [7, 11) is 0. The molecule has 0 atom stereocenters. The topological polar surface area (TPSA) is 61.4 Å². The highest BCUT2D eigenvalue weighted by Gasteiger charge is 2.27. The molecule has 2 N–H and O–H groups in total. The molecule has 28 heavy (non-hydrogen) atoms. The number of carbonyl (C=O) groups excluding carboxylic acids is 2. The Hall–Kier alpha value is -2.60. The zero-order chi connectivity index (χ0) is 20.1. The number of aryl methyl sites for hydroxylation is 1. The van der Waals surface area contributed by atoms with Crippen molar-refractivity contribution in [1.82, 2.24) is 10.2 Å². The molecule has 2 aromatic carbocycles. The van der Waals surface area contributed by atoms with E-state index in [1.54, 1.807) is 35.2 Å². The van der Waals surface area contributed by atoms with E-state index in [0.717, 1.165) is 16.8 Å². The summed E-state index contributed by atoms with van der Waals surface area (Å²) in [4.78, 5) is 26.6. The van der Waals surface area contributed by atoms with Crippen LogP contribution in [0.2, 0.25) is 5.02 Å². The standard InChI is InChI=1S/C21H23ClFN3O2/c1-14-12-17(22)4-7-19(14)25-21(28)26-10-8-16(9-11-26)20(27)24-13-15-2-5-18(23)6-3-15/h2-7,12,16H,8-11,13H2,1H3,(H,24,27)(H,25,28). The van der Waals surface area contributed by atoms with Gasteiger partial charge in [-0.1, -0.05) is 23.7 Å². The minimum Gasteiger partial charge on any atom is -0.352 e. The molecule has 5 nitrogen and oxygen atoms in total. The van der Waals surface area contributed by atoms with E-state index < -0.39 is 0 Å². The largest absolute Gasteiger partial charge is 0.352 e. The Labute approximate surface area is 168 Å². The van der Waals surface area contributed by atoms with Crippen molar-refractivity contribution in [2.45, 2.75) is 26.3 Å². The highest BCUT2D eigenvalue weighted by molar-refractivity contribution is 6.30. The summed E-state index contributed by atoms with van der Waals surface area (Å²) >= 11 is 5.94. The Morgan fingerprint density at radius 2 is 1.82 bits per heavy atom. The number of urea groups is 1. The van der Waals surface area contributed by atoms with Crippen LogP contribution in [-0.2, 0) is 11.3 Å². The van der Waals surface area contributed by atoms with E-state index in [1.165, 1.54) is 12.1 Å². The van der Waals surface area contributed by atoms with E-state index in [-0.39, 0.29) is 23.7 Å². The molecule has 1 heterocycles. The molecule has 7 heteroatoms. The lowest BCUT2D eigenvalue weighted by Crippen LogP contribution is -2.44. The first-order valence-corrected chi connectivity index (χ1v) is 9.64. The van der Waals surface area contributed by atoms with Crippen molar-refractivity contribution in [3.05, 3.63) is 64.4 Å².